The zero-order valence-corrected chi connectivity index (χ0v) is 13.0. The van der Waals surface area contributed by atoms with Crippen LogP contribution >= 0.6 is 23.2 Å². The molecular formula is C15H23Cl2N. The zero-order chi connectivity index (χ0) is 13.5. The van der Waals surface area contributed by atoms with Gasteiger partial charge in [0.05, 0.1) is 0 Å². The Morgan fingerprint density at radius 2 is 1.78 bits per heavy atom. The Balaban J connectivity index is 2.92. The van der Waals surface area contributed by atoms with Gasteiger partial charge in [-0.3, -0.25) is 0 Å². The van der Waals surface area contributed by atoms with Gasteiger partial charge in [-0.1, -0.05) is 56.8 Å². The monoisotopic (exact) mass is 287 g/mol. The summed E-state index contributed by atoms with van der Waals surface area (Å²) in [7, 11) is 0. The van der Waals surface area contributed by atoms with Crippen LogP contribution in [0.15, 0.2) is 18.2 Å². The highest BCUT2D eigenvalue weighted by atomic mass is 35.5. The highest BCUT2D eigenvalue weighted by Gasteiger charge is 2.18. The van der Waals surface area contributed by atoms with Crippen molar-refractivity contribution in [1.82, 2.24) is 5.32 Å². The number of rotatable bonds is 7. The van der Waals surface area contributed by atoms with Crippen LogP contribution in [0.2, 0.25) is 10.0 Å². The van der Waals surface area contributed by atoms with Crippen LogP contribution in [0.5, 0.6) is 0 Å². The lowest BCUT2D eigenvalue weighted by molar-refractivity contribution is 0.375. The fourth-order valence-corrected chi connectivity index (χ4v) is 2.73. The van der Waals surface area contributed by atoms with Gasteiger partial charge in [0.15, 0.2) is 0 Å². The van der Waals surface area contributed by atoms with Crippen molar-refractivity contribution < 1.29 is 0 Å². The second-order valence-electron chi connectivity index (χ2n) is 4.69. The highest BCUT2D eigenvalue weighted by Crippen LogP contribution is 2.31. The molecule has 0 aliphatic rings. The van der Waals surface area contributed by atoms with Crippen molar-refractivity contribution in [3.8, 4) is 0 Å². The van der Waals surface area contributed by atoms with Crippen LogP contribution in [0.4, 0.5) is 0 Å². The SMILES string of the molecule is CCNC(CC(CC)CC)c1cc(Cl)ccc1Cl. The van der Waals surface area contributed by atoms with Gasteiger partial charge < -0.3 is 5.32 Å². The molecule has 0 aliphatic carbocycles. The molecule has 1 unspecified atom stereocenters. The lowest BCUT2D eigenvalue weighted by Crippen LogP contribution is -2.23. The molecule has 0 amide bonds. The van der Waals surface area contributed by atoms with Gasteiger partial charge in [-0.15, -0.1) is 0 Å². The van der Waals surface area contributed by atoms with Gasteiger partial charge in [0, 0.05) is 16.1 Å². The van der Waals surface area contributed by atoms with Crippen LogP contribution in [0.3, 0.4) is 0 Å². The Bertz CT molecular complexity index is 362. The quantitative estimate of drug-likeness (QED) is 0.701. The van der Waals surface area contributed by atoms with Gasteiger partial charge in [0.25, 0.3) is 0 Å². The van der Waals surface area contributed by atoms with Gasteiger partial charge >= 0.3 is 0 Å². The Morgan fingerprint density at radius 1 is 1.11 bits per heavy atom. The fraction of sp³-hybridized carbons (Fsp3) is 0.600. The molecule has 1 nitrogen and oxygen atoms in total. The minimum atomic E-state index is 0.297. The zero-order valence-electron chi connectivity index (χ0n) is 11.5. The first-order valence-electron chi connectivity index (χ1n) is 6.80. The second-order valence-corrected chi connectivity index (χ2v) is 5.54. The maximum atomic E-state index is 6.30. The van der Waals surface area contributed by atoms with Crippen LogP contribution in [-0.4, -0.2) is 6.54 Å². The fourth-order valence-electron chi connectivity index (χ4n) is 2.30. The molecule has 0 aliphatic heterocycles. The Kier molecular flexibility index (Phi) is 7.06. The Hall–Kier alpha value is -0.240. The molecule has 3 heteroatoms. The molecule has 0 spiro atoms. The van der Waals surface area contributed by atoms with Crippen LogP contribution in [-0.2, 0) is 0 Å². The Labute approximate surface area is 121 Å². The molecule has 1 atom stereocenters. The second kappa shape index (κ2) is 8.04. The first-order chi connectivity index (χ1) is 8.62. The van der Waals surface area contributed by atoms with Crippen LogP contribution in [0.25, 0.3) is 0 Å². The van der Waals surface area contributed by atoms with Crippen molar-refractivity contribution in [2.45, 2.75) is 46.1 Å². The molecule has 0 fully saturated rings. The summed E-state index contributed by atoms with van der Waals surface area (Å²) in [5.74, 6) is 0.726. The summed E-state index contributed by atoms with van der Waals surface area (Å²) < 4.78 is 0. The third kappa shape index (κ3) is 4.46. The molecule has 0 aromatic heterocycles. The molecule has 1 rings (SSSR count). The topological polar surface area (TPSA) is 12.0 Å². The number of nitrogens with one attached hydrogen (secondary N) is 1. The lowest BCUT2D eigenvalue weighted by atomic mass is 9.91. The first kappa shape index (κ1) is 15.8. The normalized spacial score (nSPS) is 13.0. The van der Waals surface area contributed by atoms with Gasteiger partial charge in [-0.25, -0.2) is 0 Å². The summed E-state index contributed by atoms with van der Waals surface area (Å²) in [4.78, 5) is 0. The lowest BCUT2D eigenvalue weighted by Gasteiger charge is -2.24. The van der Waals surface area contributed by atoms with Gasteiger partial charge in [-0.05, 0) is 42.6 Å². The summed E-state index contributed by atoms with van der Waals surface area (Å²) in [6.07, 6.45) is 3.52. The maximum Gasteiger partial charge on any atom is 0.0454 e. The van der Waals surface area contributed by atoms with E-state index < -0.39 is 0 Å². The molecule has 18 heavy (non-hydrogen) atoms. The molecule has 1 aromatic carbocycles. The van der Waals surface area contributed by atoms with Crippen molar-refractivity contribution in [3.63, 3.8) is 0 Å². The summed E-state index contributed by atoms with van der Waals surface area (Å²) in [5.41, 5.74) is 1.12. The third-order valence-electron chi connectivity index (χ3n) is 3.51. The molecule has 1 aromatic rings. The molecule has 0 heterocycles. The van der Waals surface area contributed by atoms with E-state index in [-0.39, 0.29) is 0 Å². The van der Waals surface area contributed by atoms with Crippen molar-refractivity contribution in [2.75, 3.05) is 6.54 Å². The van der Waals surface area contributed by atoms with Gasteiger partial charge in [-0.2, -0.15) is 0 Å². The molecule has 1 N–H and O–H groups in total. The molecular weight excluding hydrogens is 265 g/mol. The number of halogens is 2. The van der Waals surface area contributed by atoms with Crippen molar-refractivity contribution in [1.29, 1.82) is 0 Å². The van der Waals surface area contributed by atoms with E-state index in [2.05, 4.69) is 26.1 Å². The van der Waals surface area contributed by atoms with E-state index in [4.69, 9.17) is 23.2 Å². The average molecular weight is 288 g/mol. The van der Waals surface area contributed by atoms with E-state index in [0.29, 0.717) is 6.04 Å². The van der Waals surface area contributed by atoms with E-state index in [0.717, 1.165) is 34.5 Å². The van der Waals surface area contributed by atoms with E-state index in [1.165, 1.54) is 12.8 Å². The summed E-state index contributed by atoms with van der Waals surface area (Å²) in [6.45, 7) is 7.56. The first-order valence-corrected chi connectivity index (χ1v) is 7.56. The minimum Gasteiger partial charge on any atom is -0.310 e. The summed E-state index contributed by atoms with van der Waals surface area (Å²) in [6, 6.07) is 6.01. The van der Waals surface area contributed by atoms with Gasteiger partial charge in [0.1, 0.15) is 0 Å². The highest BCUT2D eigenvalue weighted by molar-refractivity contribution is 6.33. The number of benzene rings is 1. The van der Waals surface area contributed by atoms with Gasteiger partial charge in [0.2, 0.25) is 0 Å². The average Bonchev–Trinajstić information content (AvgIpc) is 2.37. The van der Waals surface area contributed by atoms with E-state index in [9.17, 15) is 0 Å². The summed E-state index contributed by atoms with van der Waals surface area (Å²) in [5, 5.41) is 5.08. The molecule has 0 bridgehead atoms. The van der Waals surface area contributed by atoms with Crippen LogP contribution in [0.1, 0.15) is 51.6 Å². The molecule has 102 valence electrons. The van der Waals surface area contributed by atoms with Crippen LogP contribution in [0, 0.1) is 5.92 Å². The summed E-state index contributed by atoms with van der Waals surface area (Å²) >= 11 is 12.4. The van der Waals surface area contributed by atoms with E-state index >= 15 is 0 Å². The van der Waals surface area contributed by atoms with Crippen LogP contribution < -0.4 is 5.32 Å². The molecule has 0 radical (unpaired) electrons. The largest absolute Gasteiger partial charge is 0.310 e. The van der Waals surface area contributed by atoms with Crippen molar-refractivity contribution in [2.24, 2.45) is 5.92 Å². The number of hydrogen-bond acceptors (Lipinski definition) is 1. The Morgan fingerprint density at radius 3 is 2.33 bits per heavy atom. The minimum absolute atomic E-state index is 0.297. The van der Waals surface area contributed by atoms with Crippen molar-refractivity contribution in [3.05, 3.63) is 33.8 Å². The predicted octanol–water partition coefficient (Wildman–Crippen LogP) is 5.47. The maximum absolute atomic E-state index is 6.30. The van der Waals surface area contributed by atoms with Crippen molar-refractivity contribution >= 4 is 23.2 Å². The predicted molar refractivity (Wildman–Crippen MR) is 81.6 cm³/mol. The molecule has 0 saturated carbocycles. The van der Waals surface area contributed by atoms with E-state index in [1.807, 2.05) is 18.2 Å². The van der Waals surface area contributed by atoms with E-state index in [1.54, 1.807) is 0 Å². The standard InChI is InChI=1S/C15H23Cl2N/c1-4-11(5-2)9-15(18-6-3)13-10-12(16)7-8-14(13)17/h7-8,10-11,15,18H,4-6,9H2,1-3H3. The number of hydrogen-bond donors (Lipinski definition) is 1. The smallest absolute Gasteiger partial charge is 0.0454 e. The molecule has 0 saturated heterocycles. The third-order valence-corrected chi connectivity index (χ3v) is 4.09.